The van der Waals surface area contributed by atoms with Crippen LogP contribution in [0.4, 0.5) is 0 Å². The number of ketones is 1. The standard InChI is InChI=1S/C17H14O2/c18-16(15-11-5-7-13-17(15)19)12-6-4-10-14-8-2-1-3-9-14/h1-13,19H/b10-4-,12-6+. The number of allylic oxidation sites excluding steroid dienone is 3. The molecule has 2 heteroatoms. The summed E-state index contributed by atoms with van der Waals surface area (Å²) < 4.78 is 0. The lowest BCUT2D eigenvalue weighted by Crippen LogP contribution is -1.93. The van der Waals surface area contributed by atoms with Crippen LogP contribution in [0.25, 0.3) is 6.08 Å². The minimum Gasteiger partial charge on any atom is -0.507 e. The number of phenols is 1. The maximum absolute atomic E-state index is 11.8. The molecule has 0 amide bonds. The Balaban J connectivity index is 2.02. The Labute approximate surface area is 112 Å². The van der Waals surface area contributed by atoms with Gasteiger partial charge in [0.25, 0.3) is 0 Å². The van der Waals surface area contributed by atoms with Gasteiger partial charge in [-0.25, -0.2) is 0 Å². The van der Waals surface area contributed by atoms with Crippen molar-refractivity contribution in [3.05, 3.63) is 84.0 Å². The van der Waals surface area contributed by atoms with Crippen molar-refractivity contribution >= 4 is 11.9 Å². The second kappa shape index (κ2) is 6.36. The van der Waals surface area contributed by atoms with Crippen LogP contribution in [0.3, 0.4) is 0 Å². The van der Waals surface area contributed by atoms with Crippen LogP contribution in [0.2, 0.25) is 0 Å². The Hall–Kier alpha value is -2.61. The molecule has 2 rings (SSSR count). The van der Waals surface area contributed by atoms with E-state index in [0.29, 0.717) is 5.56 Å². The maximum Gasteiger partial charge on any atom is 0.189 e. The number of para-hydroxylation sites is 1. The van der Waals surface area contributed by atoms with Crippen LogP contribution in [0.5, 0.6) is 5.75 Å². The van der Waals surface area contributed by atoms with Gasteiger partial charge in [0.1, 0.15) is 5.75 Å². The van der Waals surface area contributed by atoms with Crippen LogP contribution in [0.1, 0.15) is 15.9 Å². The van der Waals surface area contributed by atoms with Crippen LogP contribution in [0.15, 0.2) is 72.8 Å². The molecule has 0 aliphatic heterocycles. The number of carbonyl (C=O) groups excluding carboxylic acids is 1. The van der Waals surface area contributed by atoms with Gasteiger partial charge in [-0.2, -0.15) is 0 Å². The molecule has 0 saturated carbocycles. The molecule has 0 aliphatic carbocycles. The highest BCUT2D eigenvalue weighted by atomic mass is 16.3. The Morgan fingerprint density at radius 1 is 0.895 bits per heavy atom. The lowest BCUT2D eigenvalue weighted by Gasteiger charge is -1.98. The monoisotopic (exact) mass is 250 g/mol. The summed E-state index contributed by atoms with van der Waals surface area (Å²) >= 11 is 0. The molecule has 0 unspecified atom stereocenters. The molecule has 94 valence electrons. The molecule has 0 spiro atoms. The predicted octanol–water partition coefficient (Wildman–Crippen LogP) is 3.84. The van der Waals surface area contributed by atoms with Crippen LogP contribution in [-0.4, -0.2) is 10.9 Å². The van der Waals surface area contributed by atoms with E-state index in [9.17, 15) is 9.90 Å². The highest BCUT2D eigenvalue weighted by molar-refractivity contribution is 6.06. The van der Waals surface area contributed by atoms with Crippen molar-refractivity contribution in [2.24, 2.45) is 0 Å². The van der Waals surface area contributed by atoms with Gasteiger partial charge in [-0.1, -0.05) is 60.7 Å². The van der Waals surface area contributed by atoms with Crippen molar-refractivity contribution in [3.8, 4) is 5.75 Å². The lowest BCUT2D eigenvalue weighted by molar-refractivity contribution is 0.104. The van der Waals surface area contributed by atoms with Gasteiger partial charge in [-0.15, -0.1) is 0 Å². The predicted molar refractivity (Wildman–Crippen MR) is 77.1 cm³/mol. The summed E-state index contributed by atoms with van der Waals surface area (Å²) in [4.78, 5) is 11.8. The Kier molecular flexibility index (Phi) is 4.29. The molecule has 2 nitrogen and oxygen atoms in total. The third kappa shape index (κ3) is 3.68. The second-order valence-electron chi connectivity index (χ2n) is 4.01. The largest absolute Gasteiger partial charge is 0.507 e. The zero-order chi connectivity index (χ0) is 13.5. The third-order valence-electron chi connectivity index (χ3n) is 2.62. The summed E-state index contributed by atoms with van der Waals surface area (Å²) in [5.41, 5.74) is 1.38. The van der Waals surface area contributed by atoms with Crippen molar-refractivity contribution in [2.75, 3.05) is 0 Å². The summed E-state index contributed by atoms with van der Waals surface area (Å²) in [7, 11) is 0. The number of phenolic OH excluding ortho intramolecular Hbond substituents is 1. The molecule has 0 bridgehead atoms. The SMILES string of the molecule is O=C(/C=C/C=C\c1ccccc1)c1ccccc1O. The molecule has 2 aromatic rings. The quantitative estimate of drug-likeness (QED) is 0.508. The second-order valence-corrected chi connectivity index (χ2v) is 4.01. The van der Waals surface area contributed by atoms with Gasteiger partial charge in [0.15, 0.2) is 5.78 Å². The van der Waals surface area contributed by atoms with E-state index in [1.165, 1.54) is 12.1 Å². The van der Waals surface area contributed by atoms with E-state index in [1.54, 1.807) is 30.4 Å². The van der Waals surface area contributed by atoms with E-state index in [2.05, 4.69) is 0 Å². The van der Waals surface area contributed by atoms with E-state index >= 15 is 0 Å². The first kappa shape index (κ1) is 12.8. The fourth-order valence-corrected chi connectivity index (χ4v) is 1.65. The molecular formula is C17H14O2. The molecule has 19 heavy (non-hydrogen) atoms. The first-order chi connectivity index (χ1) is 9.27. The van der Waals surface area contributed by atoms with Crippen molar-refractivity contribution in [1.82, 2.24) is 0 Å². The van der Waals surface area contributed by atoms with Crippen LogP contribution >= 0.6 is 0 Å². The number of rotatable bonds is 4. The molecular weight excluding hydrogens is 236 g/mol. The lowest BCUT2D eigenvalue weighted by atomic mass is 10.1. The normalized spacial score (nSPS) is 11.2. The number of benzene rings is 2. The number of aromatic hydroxyl groups is 1. The summed E-state index contributed by atoms with van der Waals surface area (Å²) in [5, 5.41) is 9.54. The number of hydrogen-bond donors (Lipinski definition) is 1. The van der Waals surface area contributed by atoms with E-state index in [1.807, 2.05) is 36.4 Å². The average molecular weight is 250 g/mol. The molecule has 0 aliphatic rings. The van der Waals surface area contributed by atoms with E-state index in [-0.39, 0.29) is 11.5 Å². The Morgan fingerprint density at radius 3 is 2.32 bits per heavy atom. The van der Waals surface area contributed by atoms with E-state index in [4.69, 9.17) is 0 Å². The van der Waals surface area contributed by atoms with Gasteiger partial charge in [0.2, 0.25) is 0 Å². The molecule has 0 atom stereocenters. The zero-order valence-electron chi connectivity index (χ0n) is 10.4. The van der Waals surface area contributed by atoms with E-state index in [0.717, 1.165) is 5.56 Å². The smallest absolute Gasteiger partial charge is 0.189 e. The number of hydrogen-bond acceptors (Lipinski definition) is 2. The summed E-state index contributed by atoms with van der Waals surface area (Å²) in [5.74, 6) is -0.208. The van der Waals surface area contributed by atoms with Gasteiger partial charge in [-0.3, -0.25) is 4.79 Å². The van der Waals surface area contributed by atoms with Gasteiger partial charge in [-0.05, 0) is 23.8 Å². The van der Waals surface area contributed by atoms with Crippen molar-refractivity contribution in [1.29, 1.82) is 0 Å². The molecule has 1 N–H and O–H groups in total. The highest BCUT2D eigenvalue weighted by Gasteiger charge is 2.05. The minimum atomic E-state index is -0.212. The van der Waals surface area contributed by atoms with Gasteiger partial charge in [0, 0.05) is 0 Å². The molecule has 0 heterocycles. The molecule has 0 aromatic heterocycles. The summed E-state index contributed by atoms with van der Waals surface area (Å²) in [6.07, 6.45) is 6.82. The average Bonchev–Trinajstić information content (AvgIpc) is 2.45. The molecule has 2 aromatic carbocycles. The maximum atomic E-state index is 11.8. The van der Waals surface area contributed by atoms with Crippen molar-refractivity contribution in [3.63, 3.8) is 0 Å². The van der Waals surface area contributed by atoms with Gasteiger partial charge >= 0.3 is 0 Å². The first-order valence-electron chi connectivity index (χ1n) is 5.99. The number of carbonyl (C=O) groups is 1. The van der Waals surface area contributed by atoms with Crippen LogP contribution in [-0.2, 0) is 0 Å². The third-order valence-corrected chi connectivity index (χ3v) is 2.62. The van der Waals surface area contributed by atoms with E-state index < -0.39 is 0 Å². The fourth-order valence-electron chi connectivity index (χ4n) is 1.65. The summed E-state index contributed by atoms with van der Waals surface area (Å²) in [6, 6.07) is 16.3. The van der Waals surface area contributed by atoms with Crippen LogP contribution in [0, 0.1) is 0 Å². The van der Waals surface area contributed by atoms with Gasteiger partial charge < -0.3 is 5.11 Å². The topological polar surface area (TPSA) is 37.3 Å². The zero-order valence-corrected chi connectivity index (χ0v) is 10.4. The molecule has 0 fully saturated rings. The fraction of sp³-hybridized carbons (Fsp3) is 0. The Morgan fingerprint density at radius 2 is 1.58 bits per heavy atom. The van der Waals surface area contributed by atoms with Gasteiger partial charge in [0.05, 0.1) is 5.56 Å². The first-order valence-corrected chi connectivity index (χ1v) is 5.99. The van der Waals surface area contributed by atoms with Crippen molar-refractivity contribution < 1.29 is 9.90 Å². The van der Waals surface area contributed by atoms with Crippen molar-refractivity contribution in [2.45, 2.75) is 0 Å². The molecule has 0 saturated heterocycles. The molecule has 0 radical (unpaired) electrons. The minimum absolute atomic E-state index is 0.00388. The van der Waals surface area contributed by atoms with Crippen LogP contribution < -0.4 is 0 Å². The Bertz CT molecular complexity index is 610. The summed E-state index contributed by atoms with van der Waals surface area (Å²) in [6.45, 7) is 0. The highest BCUT2D eigenvalue weighted by Crippen LogP contribution is 2.16.